The maximum absolute atomic E-state index is 6.00. The molecular formula is C13H21BrN2O. The summed E-state index contributed by atoms with van der Waals surface area (Å²) in [7, 11) is 1.99. The molecule has 4 heteroatoms. The number of aryl methyl sites for hydroxylation is 2. The van der Waals surface area contributed by atoms with E-state index in [2.05, 4.69) is 28.0 Å². The van der Waals surface area contributed by atoms with Crippen LogP contribution in [0.5, 0.6) is 0 Å². The van der Waals surface area contributed by atoms with Gasteiger partial charge in [0.25, 0.3) is 0 Å². The van der Waals surface area contributed by atoms with Gasteiger partial charge in [-0.2, -0.15) is 5.10 Å². The second-order valence-electron chi connectivity index (χ2n) is 4.76. The van der Waals surface area contributed by atoms with Crippen LogP contribution in [0.3, 0.4) is 0 Å². The van der Waals surface area contributed by atoms with Crippen molar-refractivity contribution >= 4 is 15.9 Å². The van der Waals surface area contributed by atoms with Gasteiger partial charge >= 0.3 is 0 Å². The fraction of sp³-hybridized carbons (Fsp3) is 0.769. The van der Waals surface area contributed by atoms with Gasteiger partial charge in [0.1, 0.15) is 0 Å². The van der Waals surface area contributed by atoms with Gasteiger partial charge < -0.3 is 4.74 Å². The molecule has 17 heavy (non-hydrogen) atoms. The summed E-state index contributed by atoms with van der Waals surface area (Å²) in [5.74, 6) is 0. The van der Waals surface area contributed by atoms with Crippen molar-refractivity contribution in [3.63, 3.8) is 0 Å². The second-order valence-corrected chi connectivity index (χ2v) is 5.55. The van der Waals surface area contributed by atoms with E-state index in [-0.39, 0.29) is 0 Å². The Morgan fingerprint density at radius 2 is 2.06 bits per heavy atom. The van der Waals surface area contributed by atoms with E-state index in [1.54, 1.807) is 0 Å². The molecule has 0 amide bonds. The first-order chi connectivity index (χ1) is 8.22. The molecule has 1 fully saturated rings. The lowest BCUT2D eigenvalue weighted by atomic mass is 9.98. The van der Waals surface area contributed by atoms with E-state index in [9.17, 15) is 0 Å². The number of hydrogen-bond acceptors (Lipinski definition) is 2. The Morgan fingerprint density at radius 1 is 1.35 bits per heavy atom. The van der Waals surface area contributed by atoms with E-state index < -0.39 is 0 Å². The molecule has 1 aliphatic carbocycles. The molecular weight excluding hydrogens is 280 g/mol. The maximum atomic E-state index is 6.00. The monoisotopic (exact) mass is 300 g/mol. The molecule has 96 valence electrons. The van der Waals surface area contributed by atoms with Crippen LogP contribution in [0.15, 0.2) is 4.47 Å². The van der Waals surface area contributed by atoms with E-state index in [0.29, 0.717) is 12.7 Å². The SMILES string of the molecule is CCc1nn(C)c(COC2CCCCC2)c1Br. The predicted molar refractivity (Wildman–Crippen MR) is 71.9 cm³/mol. The molecule has 1 aromatic rings. The Bertz CT molecular complexity index is 370. The zero-order chi connectivity index (χ0) is 12.3. The molecule has 0 aromatic carbocycles. The summed E-state index contributed by atoms with van der Waals surface area (Å²) in [5.41, 5.74) is 2.28. The van der Waals surface area contributed by atoms with Crippen molar-refractivity contribution in [2.45, 2.75) is 58.2 Å². The minimum atomic E-state index is 0.454. The number of nitrogens with zero attached hydrogens (tertiary/aromatic N) is 2. The molecule has 2 rings (SSSR count). The number of rotatable bonds is 4. The molecule has 1 aromatic heterocycles. The number of aromatic nitrogens is 2. The number of ether oxygens (including phenoxy) is 1. The standard InChI is InChI=1S/C13H21BrN2O/c1-3-11-13(14)12(16(2)15-11)9-17-10-7-5-4-6-8-10/h10H,3-9H2,1-2H3. The minimum absolute atomic E-state index is 0.454. The summed E-state index contributed by atoms with van der Waals surface area (Å²) >= 11 is 3.62. The van der Waals surface area contributed by atoms with Crippen LogP contribution < -0.4 is 0 Å². The predicted octanol–water partition coefficient (Wildman–Crippen LogP) is 3.59. The Labute approximate surface area is 112 Å². The van der Waals surface area contributed by atoms with Gasteiger partial charge in [0.15, 0.2) is 0 Å². The van der Waals surface area contributed by atoms with Gasteiger partial charge in [-0.05, 0) is 35.2 Å². The van der Waals surface area contributed by atoms with E-state index in [1.165, 1.54) is 32.1 Å². The fourth-order valence-corrected chi connectivity index (χ4v) is 3.14. The van der Waals surface area contributed by atoms with Crippen molar-refractivity contribution in [2.24, 2.45) is 7.05 Å². The molecule has 0 saturated heterocycles. The maximum Gasteiger partial charge on any atom is 0.0900 e. The van der Waals surface area contributed by atoms with Crippen LogP contribution in [0.25, 0.3) is 0 Å². The van der Waals surface area contributed by atoms with Gasteiger partial charge in [-0.1, -0.05) is 26.2 Å². The van der Waals surface area contributed by atoms with Crippen molar-refractivity contribution in [3.05, 3.63) is 15.9 Å². The summed E-state index contributed by atoms with van der Waals surface area (Å²) < 4.78 is 9.06. The van der Waals surface area contributed by atoms with E-state index in [1.807, 2.05) is 11.7 Å². The Kier molecular flexibility index (Phi) is 4.62. The highest BCUT2D eigenvalue weighted by Crippen LogP contribution is 2.25. The van der Waals surface area contributed by atoms with Gasteiger partial charge in [0.2, 0.25) is 0 Å². The van der Waals surface area contributed by atoms with Crippen LogP contribution in [-0.2, 0) is 24.8 Å². The number of halogens is 1. The van der Waals surface area contributed by atoms with Crippen molar-refractivity contribution in [2.75, 3.05) is 0 Å². The molecule has 0 radical (unpaired) electrons. The zero-order valence-corrected chi connectivity index (χ0v) is 12.3. The lowest BCUT2D eigenvalue weighted by molar-refractivity contribution is 0.0136. The molecule has 0 spiro atoms. The second kappa shape index (κ2) is 6.01. The van der Waals surface area contributed by atoms with Crippen molar-refractivity contribution in [1.82, 2.24) is 9.78 Å². The average molecular weight is 301 g/mol. The normalized spacial score (nSPS) is 17.6. The Hall–Kier alpha value is -0.350. The first-order valence-corrected chi connectivity index (χ1v) is 7.33. The third-order valence-electron chi connectivity index (χ3n) is 3.51. The molecule has 0 aliphatic heterocycles. The van der Waals surface area contributed by atoms with Crippen LogP contribution >= 0.6 is 15.9 Å². The molecule has 0 N–H and O–H groups in total. The van der Waals surface area contributed by atoms with Gasteiger partial charge in [-0.15, -0.1) is 0 Å². The van der Waals surface area contributed by atoms with Crippen molar-refractivity contribution in [3.8, 4) is 0 Å². The van der Waals surface area contributed by atoms with Crippen molar-refractivity contribution in [1.29, 1.82) is 0 Å². The largest absolute Gasteiger partial charge is 0.372 e. The number of hydrogen-bond donors (Lipinski definition) is 0. The van der Waals surface area contributed by atoms with Gasteiger partial charge in [0.05, 0.1) is 28.6 Å². The Balaban J connectivity index is 1.95. The van der Waals surface area contributed by atoms with Crippen molar-refractivity contribution < 1.29 is 4.74 Å². The molecule has 0 atom stereocenters. The molecule has 3 nitrogen and oxygen atoms in total. The summed E-state index contributed by atoms with van der Waals surface area (Å²) in [6, 6.07) is 0. The van der Waals surface area contributed by atoms with E-state index in [4.69, 9.17) is 4.74 Å². The van der Waals surface area contributed by atoms with Crippen LogP contribution in [0.1, 0.15) is 50.4 Å². The quantitative estimate of drug-likeness (QED) is 0.849. The van der Waals surface area contributed by atoms with Gasteiger partial charge in [0, 0.05) is 7.05 Å². The first kappa shape index (κ1) is 13.1. The smallest absolute Gasteiger partial charge is 0.0900 e. The average Bonchev–Trinajstić information content (AvgIpc) is 2.63. The highest BCUT2D eigenvalue weighted by atomic mass is 79.9. The van der Waals surface area contributed by atoms with Gasteiger partial charge in [-0.3, -0.25) is 4.68 Å². The van der Waals surface area contributed by atoms with E-state index in [0.717, 1.165) is 22.3 Å². The first-order valence-electron chi connectivity index (χ1n) is 6.54. The molecule has 1 aliphatic rings. The van der Waals surface area contributed by atoms with Gasteiger partial charge in [-0.25, -0.2) is 0 Å². The summed E-state index contributed by atoms with van der Waals surface area (Å²) in [5, 5.41) is 4.48. The highest BCUT2D eigenvalue weighted by molar-refractivity contribution is 9.10. The van der Waals surface area contributed by atoms with Crippen LogP contribution in [0, 0.1) is 0 Å². The lowest BCUT2D eigenvalue weighted by Gasteiger charge is -2.22. The zero-order valence-electron chi connectivity index (χ0n) is 10.7. The molecule has 0 bridgehead atoms. The van der Waals surface area contributed by atoms with E-state index >= 15 is 0 Å². The topological polar surface area (TPSA) is 27.1 Å². The summed E-state index contributed by atoms with van der Waals surface area (Å²) in [6.07, 6.45) is 7.85. The highest BCUT2D eigenvalue weighted by Gasteiger charge is 2.17. The fourth-order valence-electron chi connectivity index (χ4n) is 2.41. The van der Waals surface area contributed by atoms with Crippen LogP contribution in [0.2, 0.25) is 0 Å². The summed E-state index contributed by atoms with van der Waals surface area (Å²) in [6.45, 7) is 2.80. The van der Waals surface area contributed by atoms with Crippen LogP contribution in [0.4, 0.5) is 0 Å². The molecule has 1 saturated carbocycles. The minimum Gasteiger partial charge on any atom is -0.372 e. The molecule has 1 heterocycles. The third kappa shape index (κ3) is 3.10. The molecule has 0 unspecified atom stereocenters. The lowest BCUT2D eigenvalue weighted by Crippen LogP contribution is -2.17. The third-order valence-corrected chi connectivity index (χ3v) is 4.43. The summed E-state index contributed by atoms with van der Waals surface area (Å²) in [4.78, 5) is 0. The Morgan fingerprint density at radius 3 is 2.65 bits per heavy atom. The van der Waals surface area contributed by atoms with Crippen LogP contribution in [-0.4, -0.2) is 15.9 Å².